The van der Waals surface area contributed by atoms with Crippen LogP contribution in [0.1, 0.15) is 30.1 Å². The van der Waals surface area contributed by atoms with E-state index in [2.05, 4.69) is 19.1 Å². The SMILES string of the molecule is COc1ccc(C(=O)OC[C@H]2CC=CC[C@@H]2C)cc1S(=O)(=O)N(C)C. The third-order valence-corrected chi connectivity index (χ3v) is 6.34. The standard InChI is InChI=1S/C18H25NO5S/c1-13-7-5-6-8-15(13)12-24-18(20)14-9-10-16(23-4)17(11-14)25(21,22)19(2)3/h5-6,9-11,13,15H,7-8,12H2,1-4H3/t13-,15+/m0/s1. The molecular weight excluding hydrogens is 342 g/mol. The molecule has 0 aromatic heterocycles. The lowest BCUT2D eigenvalue weighted by atomic mass is 9.85. The Morgan fingerprint density at radius 2 is 1.92 bits per heavy atom. The van der Waals surface area contributed by atoms with Gasteiger partial charge in [-0.3, -0.25) is 0 Å². The summed E-state index contributed by atoms with van der Waals surface area (Å²) >= 11 is 0. The van der Waals surface area contributed by atoms with Crippen molar-refractivity contribution in [3.05, 3.63) is 35.9 Å². The predicted octanol–water partition coefficient (Wildman–Crippen LogP) is 2.70. The second-order valence-corrected chi connectivity index (χ2v) is 8.55. The van der Waals surface area contributed by atoms with Gasteiger partial charge in [0.2, 0.25) is 10.0 Å². The van der Waals surface area contributed by atoms with Crippen LogP contribution >= 0.6 is 0 Å². The summed E-state index contributed by atoms with van der Waals surface area (Å²) in [6, 6.07) is 4.29. The molecule has 138 valence electrons. The Kier molecular flexibility index (Phi) is 6.24. The quantitative estimate of drug-likeness (QED) is 0.571. The van der Waals surface area contributed by atoms with E-state index in [0.717, 1.165) is 17.1 Å². The molecule has 6 nitrogen and oxygen atoms in total. The van der Waals surface area contributed by atoms with Crippen LogP contribution in [0.4, 0.5) is 0 Å². The van der Waals surface area contributed by atoms with Crippen LogP contribution in [0.15, 0.2) is 35.2 Å². The summed E-state index contributed by atoms with van der Waals surface area (Å²) in [6.45, 7) is 2.46. The first-order chi connectivity index (χ1) is 11.8. The molecule has 0 radical (unpaired) electrons. The number of benzene rings is 1. The van der Waals surface area contributed by atoms with Crippen LogP contribution in [0.5, 0.6) is 5.75 Å². The van der Waals surface area contributed by atoms with Gasteiger partial charge in [-0.15, -0.1) is 0 Å². The molecular formula is C18H25NO5S. The van der Waals surface area contributed by atoms with Crippen LogP contribution in [-0.2, 0) is 14.8 Å². The van der Waals surface area contributed by atoms with Crippen molar-refractivity contribution < 1.29 is 22.7 Å². The number of allylic oxidation sites excluding steroid dienone is 2. The van der Waals surface area contributed by atoms with Crippen molar-refractivity contribution in [3.63, 3.8) is 0 Å². The van der Waals surface area contributed by atoms with Gasteiger partial charge in [0.15, 0.2) is 0 Å². The summed E-state index contributed by atoms with van der Waals surface area (Å²) in [5.41, 5.74) is 0.195. The number of hydrogen-bond donors (Lipinski definition) is 0. The summed E-state index contributed by atoms with van der Waals surface area (Å²) in [6.07, 6.45) is 6.12. The van der Waals surface area contributed by atoms with Gasteiger partial charge in [-0.1, -0.05) is 19.1 Å². The van der Waals surface area contributed by atoms with Gasteiger partial charge in [0.05, 0.1) is 19.3 Å². The maximum Gasteiger partial charge on any atom is 0.338 e. The fourth-order valence-electron chi connectivity index (χ4n) is 2.71. The Balaban J connectivity index is 2.19. The predicted molar refractivity (Wildman–Crippen MR) is 95.2 cm³/mol. The third kappa shape index (κ3) is 4.41. The molecule has 0 fully saturated rings. The minimum Gasteiger partial charge on any atom is -0.495 e. The molecule has 0 unspecified atom stereocenters. The van der Waals surface area contributed by atoms with Gasteiger partial charge < -0.3 is 9.47 Å². The van der Waals surface area contributed by atoms with Gasteiger partial charge in [0.1, 0.15) is 10.6 Å². The average molecular weight is 367 g/mol. The van der Waals surface area contributed by atoms with E-state index < -0.39 is 16.0 Å². The zero-order valence-corrected chi connectivity index (χ0v) is 15.9. The van der Waals surface area contributed by atoms with E-state index in [9.17, 15) is 13.2 Å². The van der Waals surface area contributed by atoms with Gasteiger partial charge in [0, 0.05) is 14.1 Å². The Morgan fingerprint density at radius 1 is 1.24 bits per heavy atom. The molecule has 1 aromatic carbocycles. The van der Waals surface area contributed by atoms with Crippen molar-refractivity contribution in [2.24, 2.45) is 11.8 Å². The molecule has 7 heteroatoms. The second kappa shape index (κ2) is 8.01. The van der Waals surface area contributed by atoms with Crippen LogP contribution in [0, 0.1) is 11.8 Å². The molecule has 0 N–H and O–H groups in total. The van der Waals surface area contributed by atoms with Crippen molar-refractivity contribution in [3.8, 4) is 5.75 Å². The maximum absolute atomic E-state index is 12.4. The van der Waals surface area contributed by atoms with Crippen molar-refractivity contribution in [1.29, 1.82) is 0 Å². The first kappa shape index (κ1) is 19.5. The number of methoxy groups -OCH3 is 1. The van der Waals surface area contributed by atoms with Gasteiger partial charge in [-0.25, -0.2) is 17.5 Å². The van der Waals surface area contributed by atoms with Gasteiger partial charge in [-0.2, -0.15) is 0 Å². The number of esters is 1. The second-order valence-electron chi connectivity index (χ2n) is 6.43. The molecule has 2 rings (SSSR count). The molecule has 0 saturated heterocycles. The Labute approximate surface area is 149 Å². The van der Waals surface area contributed by atoms with E-state index >= 15 is 0 Å². The van der Waals surface area contributed by atoms with Crippen molar-refractivity contribution >= 4 is 16.0 Å². The fraction of sp³-hybridized carbons (Fsp3) is 0.500. The van der Waals surface area contributed by atoms with E-state index in [-0.39, 0.29) is 22.1 Å². The number of ether oxygens (including phenoxy) is 2. The smallest absolute Gasteiger partial charge is 0.338 e. The number of nitrogens with zero attached hydrogens (tertiary/aromatic N) is 1. The average Bonchev–Trinajstić information content (AvgIpc) is 2.60. The van der Waals surface area contributed by atoms with E-state index in [1.165, 1.54) is 39.4 Å². The molecule has 0 spiro atoms. The molecule has 0 saturated carbocycles. The van der Waals surface area contributed by atoms with Crippen molar-refractivity contribution in [1.82, 2.24) is 4.31 Å². The van der Waals surface area contributed by atoms with Crippen LogP contribution < -0.4 is 4.74 Å². The summed E-state index contributed by atoms with van der Waals surface area (Å²) in [5.74, 6) is 0.409. The van der Waals surface area contributed by atoms with Crippen molar-refractivity contribution in [2.45, 2.75) is 24.7 Å². The highest BCUT2D eigenvalue weighted by atomic mass is 32.2. The molecule has 1 aromatic rings. The molecule has 0 amide bonds. The molecule has 2 atom stereocenters. The van der Waals surface area contributed by atoms with Gasteiger partial charge in [0.25, 0.3) is 0 Å². The molecule has 0 bridgehead atoms. The minimum absolute atomic E-state index is 0.0524. The zero-order chi connectivity index (χ0) is 18.6. The highest BCUT2D eigenvalue weighted by molar-refractivity contribution is 7.89. The third-order valence-electron chi connectivity index (χ3n) is 4.50. The Hall–Kier alpha value is -1.86. The highest BCUT2D eigenvalue weighted by Crippen LogP contribution is 2.28. The fourth-order valence-corrected chi connectivity index (χ4v) is 3.78. The molecule has 25 heavy (non-hydrogen) atoms. The van der Waals surface area contributed by atoms with E-state index in [1.54, 1.807) is 0 Å². The molecule has 1 aliphatic rings. The first-order valence-electron chi connectivity index (χ1n) is 8.20. The highest BCUT2D eigenvalue weighted by Gasteiger charge is 2.25. The summed E-state index contributed by atoms with van der Waals surface area (Å²) in [7, 11) is 0.517. The summed E-state index contributed by atoms with van der Waals surface area (Å²) in [4.78, 5) is 12.3. The first-order valence-corrected chi connectivity index (χ1v) is 9.64. The van der Waals surface area contributed by atoms with Crippen LogP contribution in [-0.4, -0.2) is 46.5 Å². The van der Waals surface area contributed by atoms with Gasteiger partial charge >= 0.3 is 5.97 Å². The number of carbonyl (C=O) groups excluding carboxylic acids is 1. The normalized spacial score (nSPS) is 20.5. The minimum atomic E-state index is -3.73. The van der Waals surface area contributed by atoms with Gasteiger partial charge in [-0.05, 0) is 42.9 Å². The zero-order valence-electron chi connectivity index (χ0n) is 15.1. The topological polar surface area (TPSA) is 72.9 Å². The number of carbonyl (C=O) groups is 1. The van der Waals surface area contributed by atoms with Crippen LogP contribution in [0.2, 0.25) is 0 Å². The van der Waals surface area contributed by atoms with E-state index in [4.69, 9.17) is 9.47 Å². The van der Waals surface area contributed by atoms with Crippen LogP contribution in [0.25, 0.3) is 0 Å². The molecule has 1 aliphatic carbocycles. The lowest BCUT2D eigenvalue weighted by Crippen LogP contribution is -2.24. The maximum atomic E-state index is 12.4. The number of hydrogen-bond acceptors (Lipinski definition) is 5. The molecule has 0 heterocycles. The molecule has 0 aliphatic heterocycles. The number of rotatable bonds is 6. The summed E-state index contributed by atoms with van der Waals surface area (Å²) in [5, 5.41) is 0. The lowest BCUT2D eigenvalue weighted by molar-refractivity contribution is 0.0395. The van der Waals surface area contributed by atoms with E-state index in [0.29, 0.717) is 12.5 Å². The van der Waals surface area contributed by atoms with Crippen LogP contribution in [0.3, 0.4) is 0 Å². The number of sulfonamides is 1. The van der Waals surface area contributed by atoms with Crippen molar-refractivity contribution in [2.75, 3.05) is 27.8 Å². The van der Waals surface area contributed by atoms with E-state index in [1.807, 2.05) is 0 Å². The monoisotopic (exact) mass is 367 g/mol. The largest absolute Gasteiger partial charge is 0.495 e. The summed E-state index contributed by atoms with van der Waals surface area (Å²) < 4.78 is 36.5. The Morgan fingerprint density at radius 3 is 2.52 bits per heavy atom. The lowest BCUT2D eigenvalue weighted by Gasteiger charge is -2.24. The Bertz CT molecular complexity index is 755.